The van der Waals surface area contributed by atoms with E-state index in [0.29, 0.717) is 41.6 Å². The fourth-order valence-corrected chi connectivity index (χ4v) is 3.24. The average molecular weight is 535 g/mol. The van der Waals surface area contributed by atoms with E-state index in [1.54, 1.807) is 66.7 Å². The van der Waals surface area contributed by atoms with Crippen molar-refractivity contribution in [3.05, 3.63) is 77.9 Å². The van der Waals surface area contributed by atoms with Gasteiger partial charge in [0.05, 0.1) is 32.1 Å². The molecule has 1 N–H and O–H groups in total. The van der Waals surface area contributed by atoms with Crippen molar-refractivity contribution < 1.29 is 33.3 Å². The van der Waals surface area contributed by atoms with Gasteiger partial charge in [-0.25, -0.2) is 10.2 Å². The number of hydrogen-bond donors (Lipinski definition) is 1. The second-order valence-electron chi connectivity index (χ2n) is 8.43. The van der Waals surface area contributed by atoms with Crippen LogP contribution in [0.25, 0.3) is 0 Å². The van der Waals surface area contributed by atoms with Crippen LogP contribution in [0.15, 0.2) is 71.8 Å². The first-order valence-corrected chi connectivity index (χ1v) is 12.8. The molecule has 3 aromatic rings. The zero-order chi connectivity index (χ0) is 27.9. The highest BCUT2D eigenvalue weighted by Crippen LogP contribution is 2.28. The maximum atomic E-state index is 12.6. The predicted molar refractivity (Wildman–Crippen MR) is 148 cm³/mol. The van der Waals surface area contributed by atoms with Crippen LogP contribution in [-0.2, 0) is 4.79 Å². The van der Waals surface area contributed by atoms with Crippen LogP contribution in [0.5, 0.6) is 28.7 Å². The number of hydrazone groups is 1. The lowest BCUT2D eigenvalue weighted by atomic mass is 10.2. The molecule has 0 spiro atoms. The van der Waals surface area contributed by atoms with Crippen LogP contribution in [-0.4, -0.2) is 45.0 Å². The van der Waals surface area contributed by atoms with Gasteiger partial charge in [-0.3, -0.25) is 4.79 Å². The molecule has 0 aliphatic heterocycles. The molecule has 0 radical (unpaired) electrons. The summed E-state index contributed by atoms with van der Waals surface area (Å²) in [7, 11) is 1.47. The molecule has 1 amide bonds. The van der Waals surface area contributed by atoms with Gasteiger partial charge in [0.15, 0.2) is 18.1 Å². The summed E-state index contributed by atoms with van der Waals surface area (Å²) in [4.78, 5) is 24.7. The molecule has 206 valence electrons. The van der Waals surface area contributed by atoms with Crippen molar-refractivity contribution in [3.63, 3.8) is 0 Å². The highest BCUT2D eigenvalue weighted by Gasteiger charge is 2.13. The summed E-state index contributed by atoms with van der Waals surface area (Å²) in [6, 6.07) is 18.7. The lowest BCUT2D eigenvalue weighted by Gasteiger charge is -2.10. The second kappa shape index (κ2) is 15.7. The van der Waals surface area contributed by atoms with E-state index in [4.69, 9.17) is 23.7 Å². The molecule has 0 saturated heterocycles. The summed E-state index contributed by atoms with van der Waals surface area (Å²) >= 11 is 0. The number of benzene rings is 3. The first-order chi connectivity index (χ1) is 19.0. The quantitative estimate of drug-likeness (QED) is 0.0914. The SMILES string of the molecule is CCCCOc1ccc(OCC(=O)N/N=C\c2ccc(OC(=O)c3ccc(OCCC)cc3)c(OC)c2)cc1. The predicted octanol–water partition coefficient (Wildman–Crippen LogP) is 5.41. The monoisotopic (exact) mass is 534 g/mol. The maximum Gasteiger partial charge on any atom is 0.343 e. The fraction of sp³-hybridized carbons (Fsp3) is 0.300. The van der Waals surface area contributed by atoms with Gasteiger partial charge in [0, 0.05) is 0 Å². The number of carbonyl (C=O) groups excluding carboxylic acids is 2. The molecule has 0 heterocycles. The first kappa shape index (κ1) is 29.0. The molecule has 3 rings (SSSR count). The van der Waals surface area contributed by atoms with Gasteiger partial charge in [0.25, 0.3) is 5.91 Å². The van der Waals surface area contributed by atoms with Gasteiger partial charge < -0.3 is 23.7 Å². The van der Waals surface area contributed by atoms with Gasteiger partial charge in [-0.1, -0.05) is 20.3 Å². The van der Waals surface area contributed by atoms with E-state index in [0.717, 1.165) is 25.0 Å². The van der Waals surface area contributed by atoms with Crippen LogP contribution >= 0.6 is 0 Å². The van der Waals surface area contributed by atoms with Crippen molar-refractivity contribution in [2.45, 2.75) is 33.1 Å². The van der Waals surface area contributed by atoms with Crippen molar-refractivity contribution in [3.8, 4) is 28.7 Å². The minimum atomic E-state index is -0.525. The molecule has 9 heteroatoms. The molecule has 0 unspecified atom stereocenters. The van der Waals surface area contributed by atoms with Crippen molar-refractivity contribution in [2.75, 3.05) is 26.9 Å². The standard InChI is InChI=1S/C30H34N2O7/c1-4-6-18-37-25-12-14-26(15-13-25)38-21-29(33)32-31-20-22-7-16-27(28(19-22)35-3)39-30(34)23-8-10-24(11-9-23)36-17-5-2/h7-16,19-20H,4-6,17-18,21H2,1-3H3,(H,32,33)/b31-20-. The lowest BCUT2D eigenvalue weighted by Crippen LogP contribution is -2.24. The van der Waals surface area contributed by atoms with Gasteiger partial charge in [-0.05, 0) is 85.1 Å². The Labute approximate surface area is 228 Å². The number of ether oxygens (including phenoxy) is 5. The van der Waals surface area contributed by atoms with Crippen molar-refractivity contribution in [1.82, 2.24) is 5.43 Å². The van der Waals surface area contributed by atoms with Crippen LogP contribution in [0, 0.1) is 0 Å². The van der Waals surface area contributed by atoms with Crippen LogP contribution in [0.4, 0.5) is 0 Å². The van der Waals surface area contributed by atoms with Gasteiger partial charge in [0.1, 0.15) is 17.2 Å². The summed E-state index contributed by atoms with van der Waals surface area (Å²) < 4.78 is 27.5. The van der Waals surface area contributed by atoms with E-state index in [9.17, 15) is 9.59 Å². The van der Waals surface area contributed by atoms with Gasteiger partial charge in [-0.2, -0.15) is 5.10 Å². The van der Waals surface area contributed by atoms with Crippen LogP contribution in [0.3, 0.4) is 0 Å². The minimum absolute atomic E-state index is 0.197. The fourth-order valence-electron chi connectivity index (χ4n) is 3.24. The van der Waals surface area contributed by atoms with Crippen molar-refractivity contribution in [1.29, 1.82) is 0 Å². The molecular formula is C30H34N2O7. The maximum absolute atomic E-state index is 12.6. The Hall–Kier alpha value is -4.53. The molecule has 3 aromatic carbocycles. The Morgan fingerprint density at radius 2 is 1.44 bits per heavy atom. The second-order valence-corrected chi connectivity index (χ2v) is 8.43. The summed E-state index contributed by atoms with van der Waals surface area (Å²) in [5.41, 5.74) is 3.43. The number of nitrogens with zero attached hydrogens (tertiary/aromatic N) is 1. The molecule has 0 bridgehead atoms. The number of nitrogens with one attached hydrogen (secondary N) is 1. The van der Waals surface area contributed by atoms with Crippen LogP contribution in [0.1, 0.15) is 49.0 Å². The Balaban J connectivity index is 1.48. The topological polar surface area (TPSA) is 105 Å². The zero-order valence-corrected chi connectivity index (χ0v) is 22.5. The van der Waals surface area contributed by atoms with Gasteiger partial charge >= 0.3 is 5.97 Å². The van der Waals surface area contributed by atoms with Crippen LogP contribution < -0.4 is 29.1 Å². The molecule has 0 aromatic heterocycles. The van der Waals surface area contributed by atoms with Gasteiger partial charge in [-0.15, -0.1) is 0 Å². The zero-order valence-electron chi connectivity index (χ0n) is 22.5. The first-order valence-electron chi connectivity index (χ1n) is 12.8. The number of unbranched alkanes of at least 4 members (excludes halogenated alkanes) is 1. The van der Waals surface area contributed by atoms with E-state index >= 15 is 0 Å². The molecule has 0 saturated carbocycles. The molecular weight excluding hydrogens is 500 g/mol. The van der Waals surface area contributed by atoms with E-state index < -0.39 is 11.9 Å². The molecule has 0 atom stereocenters. The number of amides is 1. The van der Waals surface area contributed by atoms with E-state index in [-0.39, 0.29) is 12.4 Å². The number of rotatable bonds is 15. The highest BCUT2D eigenvalue weighted by atomic mass is 16.6. The number of methoxy groups -OCH3 is 1. The number of hydrogen-bond acceptors (Lipinski definition) is 8. The van der Waals surface area contributed by atoms with E-state index in [2.05, 4.69) is 17.5 Å². The Morgan fingerprint density at radius 3 is 2.08 bits per heavy atom. The minimum Gasteiger partial charge on any atom is -0.494 e. The molecule has 9 nitrogen and oxygen atoms in total. The average Bonchev–Trinajstić information content (AvgIpc) is 2.96. The molecule has 0 fully saturated rings. The molecule has 0 aliphatic rings. The molecule has 39 heavy (non-hydrogen) atoms. The Bertz CT molecular complexity index is 1230. The third-order valence-electron chi connectivity index (χ3n) is 5.32. The number of esters is 1. The largest absolute Gasteiger partial charge is 0.494 e. The van der Waals surface area contributed by atoms with Crippen molar-refractivity contribution in [2.24, 2.45) is 5.10 Å². The van der Waals surface area contributed by atoms with Gasteiger partial charge in [0.2, 0.25) is 0 Å². The summed E-state index contributed by atoms with van der Waals surface area (Å²) in [5, 5.41) is 3.95. The Morgan fingerprint density at radius 1 is 0.795 bits per heavy atom. The third-order valence-corrected chi connectivity index (χ3v) is 5.32. The van der Waals surface area contributed by atoms with E-state index in [1.165, 1.54) is 13.3 Å². The normalized spacial score (nSPS) is 10.6. The van der Waals surface area contributed by atoms with Crippen molar-refractivity contribution >= 4 is 18.1 Å². The third kappa shape index (κ3) is 9.70. The number of carbonyl (C=O) groups is 2. The summed E-state index contributed by atoms with van der Waals surface area (Å²) in [6.45, 7) is 5.21. The van der Waals surface area contributed by atoms with E-state index in [1.807, 2.05) is 6.92 Å². The smallest absolute Gasteiger partial charge is 0.343 e. The lowest BCUT2D eigenvalue weighted by molar-refractivity contribution is -0.123. The summed E-state index contributed by atoms with van der Waals surface area (Å²) in [6.07, 6.45) is 4.41. The van der Waals surface area contributed by atoms with Crippen LogP contribution in [0.2, 0.25) is 0 Å². The highest BCUT2D eigenvalue weighted by molar-refractivity contribution is 5.92. The summed E-state index contributed by atoms with van der Waals surface area (Å²) in [5.74, 6) is 1.65. The Kier molecular flexibility index (Phi) is 11.7. The molecule has 0 aliphatic carbocycles.